The van der Waals surface area contributed by atoms with E-state index in [0.29, 0.717) is 0 Å². The Labute approximate surface area is 132 Å². The zero-order valence-corrected chi connectivity index (χ0v) is 13.4. The highest BCUT2D eigenvalue weighted by Gasteiger charge is 2.06. The predicted molar refractivity (Wildman–Crippen MR) is 89.1 cm³/mol. The van der Waals surface area contributed by atoms with Crippen LogP contribution in [-0.2, 0) is 11.2 Å². The second-order valence-electron chi connectivity index (χ2n) is 4.32. The SMILES string of the molecule is CCc1cccc(OCC(=O)Nc2ccccc2I)c1. The first kappa shape index (κ1) is 14.8. The number of amides is 1. The van der Waals surface area contributed by atoms with Crippen molar-refractivity contribution in [2.45, 2.75) is 13.3 Å². The standard InChI is InChI=1S/C16H16INO2/c1-2-12-6-5-7-13(10-12)20-11-16(19)18-15-9-4-3-8-14(15)17/h3-10H,2,11H2,1H3,(H,18,19). The molecular formula is C16H16INO2. The van der Waals surface area contributed by atoms with E-state index >= 15 is 0 Å². The lowest BCUT2D eigenvalue weighted by Crippen LogP contribution is -2.20. The summed E-state index contributed by atoms with van der Waals surface area (Å²) >= 11 is 2.19. The number of hydrogen-bond acceptors (Lipinski definition) is 2. The van der Waals surface area contributed by atoms with Gasteiger partial charge >= 0.3 is 0 Å². The Morgan fingerprint density at radius 2 is 2.00 bits per heavy atom. The molecule has 0 aromatic heterocycles. The molecule has 0 bridgehead atoms. The summed E-state index contributed by atoms with van der Waals surface area (Å²) in [4.78, 5) is 11.9. The number of anilines is 1. The van der Waals surface area contributed by atoms with Crippen LogP contribution in [0.4, 0.5) is 5.69 Å². The fourth-order valence-corrected chi connectivity index (χ4v) is 2.28. The fourth-order valence-electron chi connectivity index (χ4n) is 1.75. The lowest BCUT2D eigenvalue weighted by atomic mass is 10.2. The van der Waals surface area contributed by atoms with Crippen molar-refractivity contribution in [3.8, 4) is 5.75 Å². The number of rotatable bonds is 5. The molecule has 2 rings (SSSR count). The van der Waals surface area contributed by atoms with Crippen LogP contribution in [0.2, 0.25) is 0 Å². The van der Waals surface area contributed by atoms with E-state index in [1.54, 1.807) is 0 Å². The molecule has 104 valence electrons. The van der Waals surface area contributed by atoms with E-state index in [0.717, 1.165) is 21.4 Å². The lowest BCUT2D eigenvalue weighted by Gasteiger charge is -2.09. The van der Waals surface area contributed by atoms with Gasteiger partial charge in [-0.3, -0.25) is 4.79 Å². The molecule has 20 heavy (non-hydrogen) atoms. The van der Waals surface area contributed by atoms with Gasteiger partial charge < -0.3 is 10.1 Å². The first-order valence-corrected chi connectivity index (χ1v) is 7.53. The Kier molecular flexibility index (Phi) is 5.40. The van der Waals surface area contributed by atoms with Crippen LogP contribution in [0, 0.1) is 3.57 Å². The normalized spacial score (nSPS) is 10.1. The summed E-state index contributed by atoms with van der Waals surface area (Å²) in [6, 6.07) is 15.4. The van der Waals surface area contributed by atoms with Gasteiger partial charge in [0.05, 0.1) is 5.69 Å². The van der Waals surface area contributed by atoms with Gasteiger partial charge in [-0.1, -0.05) is 31.2 Å². The topological polar surface area (TPSA) is 38.3 Å². The minimum atomic E-state index is -0.156. The van der Waals surface area contributed by atoms with Crippen molar-refractivity contribution >= 4 is 34.2 Å². The molecule has 0 saturated heterocycles. The fraction of sp³-hybridized carbons (Fsp3) is 0.188. The third kappa shape index (κ3) is 4.23. The van der Waals surface area contributed by atoms with Gasteiger partial charge in [0.15, 0.2) is 6.61 Å². The Morgan fingerprint density at radius 3 is 2.75 bits per heavy atom. The number of ether oxygens (including phenoxy) is 1. The lowest BCUT2D eigenvalue weighted by molar-refractivity contribution is -0.118. The summed E-state index contributed by atoms with van der Waals surface area (Å²) in [5.41, 5.74) is 2.00. The average molecular weight is 381 g/mol. The quantitative estimate of drug-likeness (QED) is 0.799. The van der Waals surface area contributed by atoms with E-state index in [4.69, 9.17) is 4.74 Å². The van der Waals surface area contributed by atoms with E-state index in [9.17, 15) is 4.79 Å². The molecule has 0 aliphatic rings. The van der Waals surface area contributed by atoms with Crippen molar-refractivity contribution in [2.24, 2.45) is 0 Å². The number of halogens is 1. The number of nitrogens with one attached hydrogen (secondary N) is 1. The molecular weight excluding hydrogens is 365 g/mol. The average Bonchev–Trinajstić information content (AvgIpc) is 2.48. The smallest absolute Gasteiger partial charge is 0.262 e. The molecule has 0 spiro atoms. The molecule has 2 aromatic rings. The van der Waals surface area contributed by atoms with Crippen LogP contribution in [0.5, 0.6) is 5.75 Å². The number of carbonyl (C=O) groups excluding carboxylic acids is 1. The number of aryl methyl sites for hydroxylation is 1. The molecule has 0 saturated carbocycles. The van der Waals surface area contributed by atoms with Crippen LogP contribution in [-0.4, -0.2) is 12.5 Å². The molecule has 0 aliphatic carbocycles. The molecule has 0 radical (unpaired) electrons. The molecule has 0 heterocycles. The van der Waals surface area contributed by atoms with Crippen LogP contribution in [0.25, 0.3) is 0 Å². The van der Waals surface area contributed by atoms with Crippen molar-refractivity contribution < 1.29 is 9.53 Å². The molecule has 4 heteroatoms. The number of para-hydroxylation sites is 1. The van der Waals surface area contributed by atoms with E-state index in [-0.39, 0.29) is 12.5 Å². The monoisotopic (exact) mass is 381 g/mol. The van der Waals surface area contributed by atoms with Gasteiger partial charge in [0.2, 0.25) is 0 Å². The molecule has 1 N–H and O–H groups in total. The van der Waals surface area contributed by atoms with Crippen molar-refractivity contribution in [1.29, 1.82) is 0 Å². The summed E-state index contributed by atoms with van der Waals surface area (Å²) in [6.07, 6.45) is 0.950. The largest absolute Gasteiger partial charge is 0.484 e. The summed E-state index contributed by atoms with van der Waals surface area (Å²) in [7, 11) is 0. The Bertz CT molecular complexity index is 599. The van der Waals surface area contributed by atoms with Gasteiger partial charge in [-0.15, -0.1) is 0 Å². The molecule has 2 aromatic carbocycles. The highest BCUT2D eigenvalue weighted by molar-refractivity contribution is 14.1. The van der Waals surface area contributed by atoms with Crippen molar-refractivity contribution in [2.75, 3.05) is 11.9 Å². The summed E-state index contributed by atoms with van der Waals surface area (Å²) in [6.45, 7) is 2.10. The summed E-state index contributed by atoms with van der Waals surface area (Å²) in [5, 5.41) is 2.84. The maximum Gasteiger partial charge on any atom is 0.262 e. The molecule has 3 nitrogen and oxygen atoms in total. The minimum absolute atomic E-state index is 0.0120. The van der Waals surface area contributed by atoms with E-state index in [1.165, 1.54) is 5.56 Å². The molecule has 0 fully saturated rings. The van der Waals surface area contributed by atoms with Crippen LogP contribution < -0.4 is 10.1 Å². The zero-order valence-electron chi connectivity index (χ0n) is 11.2. The van der Waals surface area contributed by atoms with E-state index < -0.39 is 0 Å². The zero-order chi connectivity index (χ0) is 14.4. The highest BCUT2D eigenvalue weighted by Crippen LogP contribution is 2.17. The number of carbonyl (C=O) groups is 1. The van der Waals surface area contributed by atoms with Crippen LogP contribution in [0.3, 0.4) is 0 Å². The third-order valence-corrected chi connectivity index (χ3v) is 3.77. The summed E-state index contributed by atoms with van der Waals surface area (Å²) in [5.74, 6) is 0.568. The molecule has 0 atom stereocenters. The van der Waals surface area contributed by atoms with Gasteiger partial charge in [-0.05, 0) is 58.8 Å². The predicted octanol–water partition coefficient (Wildman–Crippen LogP) is 3.87. The maximum atomic E-state index is 11.9. The molecule has 1 amide bonds. The van der Waals surface area contributed by atoms with Crippen molar-refractivity contribution in [1.82, 2.24) is 0 Å². The Balaban J connectivity index is 1.90. The van der Waals surface area contributed by atoms with E-state index in [2.05, 4.69) is 34.8 Å². The molecule has 0 unspecified atom stereocenters. The number of benzene rings is 2. The maximum absolute atomic E-state index is 11.9. The van der Waals surface area contributed by atoms with Crippen LogP contribution in [0.15, 0.2) is 48.5 Å². The first-order valence-electron chi connectivity index (χ1n) is 6.45. The second kappa shape index (κ2) is 7.28. The van der Waals surface area contributed by atoms with Gasteiger partial charge in [0.25, 0.3) is 5.91 Å². The van der Waals surface area contributed by atoms with Crippen LogP contribution >= 0.6 is 22.6 Å². The minimum Gasteiger partial charge on any atom is -0.484 e. The van der Waals surface area contributed by atoms with Crippen molar-refractivity contribution in [3.63, 3.8) is 0 Å². The van der Waals surface area contributed by atoms with Gasteiger partial charge in [-0.2, -0.15) is 0 Å². The third-order valence-electron chi connectivity index (χ3n) is 2.82. The van der Waals surface area contributed by atoms with E-state index in [1.807, 2.05) is 48.5 Å². The van der Waals surface area contributed by atoms with Gasteiger partial charge in [0, 0.05) is 3.57 Å². The van der Waals surface area contributed by atoms with Crippen molar-refractivity contribution in [3.05, 3.63) is 57.7 Å². The van der Waals surface area contributed by atoms with Crippen LogP contribution in [0.1, 0.15) is 12.5 Å². The Hall–Kier alpha value is -1.56. The second-order valence-corrected chi connectivity index (χ2v) is 5.48. The highest BCUT2D eigenvalue weighted by atomic mass is 127. The number of hydrogen-bond donors (Lipinski definition) is 1. The molecule has 0 aliphatic heterocycles. The summed E-state index contributed by atoms with van der Waals surface area (Å²) < 4.78 is 6.51. The van der Waals surface area contributed by atoms with Gasteiger partial charge in [-0.25, -0.2) is 0 Å². The first-order chi connectivity index (χ1) is 9.69. The van der Waals surface area contributed by atoms with Gasteiger partial charge in [0.1, 0.15) is 5.75 Å². The Morgan fingerprint density at radius 1 is 1.20 bits per heavy atom.